The molecule has 2 heterocycles. The summed E-state index contributed by atoms with van der Waals surface area (Å²) in [6.07, 6.45) is 5.55. The van der Waals surface area contributed by atoms with E-state index in [0.29, 0.717) is 16.9 Å². The third kappa shape index (κ3) is 4.84. The number of rotatable bonds is 4. The van der Waals surface area contributed by atoms with E-state index in [4.69, 9.17) is 0 Å². The number of carbonyl (C=O) groups excluding carboxylic acids is 2. The molecule has 0 spiro atoms. The molecule has 0 atom stereocenters. The molecule has 164 valence electrons. The quantitative estimate of drug-likeness (QED) is 0.791. The molecule has 1 saturated carbocycles. The van der Waals surface area contributed by atoms with E-state index in [1.165, 1.54) is 18.3 Å². The van der Waals surface area contributed by atoms with Crippen LogP contribution in [0.1, 0.15) is 32.1 Å². The van der Waals surface area contributed by atoms with Gasteiger partial charge in [0.2, 0.25) is 5.91 Å². The van der Waals surface area contributed by atoms with Gasteiger partial charge in [-0.1, -0.05) is 0 Å². The Bertz CT molecular complexity index is 938. The summed E-state index contributed by atoms with van der Waals surface area (Å²) in [6, 6.07) is 6.88. The van der Waals surface area contributed by atoms with Crippen LogP contribution in [0.4, 0.5) is 19.4 Å². The van der Waals surface area contributed by atoms with E-state index in [1.54, 1.807) is 17.0 Å². The molecule has 1 aliphatic carbocycles. The lowest BCUT2D eigenvalue weighted by Crippen LogP contribution is -2.52. The van der Waals surface area contributed by atoms with Gasteiger partial charge in [0.05, 0.1) is 0 Å². The van der Waals surface area contributed by atoms with E-state index in [2.05, 4.69) is 10.3 Å². The van der Waals surface area contributed by atoms with Crippen LogP contribution in [-0.4, -0.2) is 52.9 Å². The molecule has 0 bridgehead atoms. The second-order valence-electron chi connectivity index (χ2n) is 8.34. The lowest BCUT2D eigenvalue weighted by molar-refractivity contribution is -0.121. The molecule has 2 aliphatic rings. The monoisotopic (exact) mass is 428 g/mol. The van der Waals surface area contributed by atoms with Crippen molar-refractivity contribution >= 4 is 17.8 Å². The number of amides is 3. The van der Waals surface area contributed by atoms with E-state index in [1.807, 2.05) is 11.9 Å². The van der Waals surface area contributed by atoms with E-state index in [-0.39, 0.29) is 23.9 Å². The Kier molecular flexibility index (Phi) is 6.15. The Morgan fingerprint density at radius 3 is 2.39 bits per heavy atom. The molecule has 3 amide bonds. The zero-order valence-corrected chi connectivity index (χ0v) is 17.5. The van der Waals surface area contributed by atoms with Crippen molar-refractivity contribution in [2.45, 2.75) is 38.1 Å². The Labute approximate surface area is 180 Å². The zero-order valence-electron chi connectivity index (χ0n) is 17.5. The first-order valence-corrected chi connectivity index (χ1v) is 10.7. The molecular weight excluding hydrogens is 402 g/mol. The van der Waals surface area contributed by atoms with Gasteiger partial charge in [-0.3, -0.25) is 4.79 Å². The minimum absolute atomic E-state index is 0.0848. The number of anilines is 1. The first kappa shape index (κ1) is 21.2. The maximum absolute atomic E-state index is 13.4. The molecule has 8 heteroatoms. The maximum atomic E-state index is 13.4. The van der Waals surface area contributed by atoms with E-state index in [9.17, 15) is 18.4 Å². The van der Waals surface area contributed by atoms with Crippen LogP contribution in [0.2, 0.25) is 0 Å². The summed E-state index contributed by atoms with van der Waals surface area (Å²) in [5, 5.41) is 2.84. The summed E-state index contributed by atoms with van der Waals surface area (Å²) < 4.78 is 26.8. The van der Waals surface area contributed by atoms with Crippen LogP contribution < -0.4 is 5.32 Å². The topological polar surface area (TPSA) is 65.5 Å². The number of hydrogen-bond acceptors (Lipinski definition) is 3. The van der Waals surface area contributed by atoms with Gasteiger partial charge in [-0.15, -0.1) is 0 Å². The highest BCUT2D eigenvalue weighted by molar-refractivity contribution is 5.91. The third-order valence-electron chi connectivity index (χ3n) is 6.18. The minimum Gasteiger partial charge on any atom is -0.328 e. The smallest absolute Gasteiger partial charge is 0.319 e. The SMILES string of the molecule is CN1CCCN([C@H]2CC[C@@H](C(=O)Nc3ccc(-c4cc(F)cc(F)c4)cn3)CC2)C1=O. The maximum Gasteiger partial charge on any atom is 0.319 e. The van der Waals surface area contributed by atoms with Crippen molar-refractivity contribution in [3.8, 4) is 11.1 Å². The van der Waals surface area contributed by atoms with Gasteiger partial charge in [0.1, 0.15) is 17.5 Å². The molecule has 2 fully saturated rings. The second kappa shape index (κ2) is 8.99. The van der Waals surface area contributed by atoms with Crippen LogP contribution in [0.25, 0.3) is 11.1 Å². The van der Waals surface area contributed by atoms with Gasteiger partial charge in [-0.05, 0) is 61.9 Å². The average Bonchev–Trinajstić information content (AvgIpc) is 2.76. The summed E-state index contributed by atoms with van der Waals surface area (Å²) in [4.78, 5) is 33.0. The third-order valence-corrected chi connectivity index (χ3v) is 6.18. The van der Waals surface area contributed by atoms with Gasteiger partial charge in [0.25, 0.3) is 0 Å². The fourth-order valence-corrected chi connectivity index (χ4v) is 4.46. The van der Waals surface area contributed by atoms with Crippen LogP contribution in [0, 0.1) is 17.6 Å². The second-order valence-corrected chi connectivity index (χ2v) is 8.34. The molecule has 1 aliphatic heterocycles. The number of pyridine rings is 1. The number of nitrogens with one attached hydrogen (secondary N) is 1. The normalized spacial score (nSPS) is 21.8. The molecule has 4 rings (SSSR count). The van der Waals surface area contributed by atoms with Crippen molar-refractivity contribution in [3.63, 3.8) is 0 Å². The zero-order chi connectivity index (χ0) is 22.0. The number of benzene rings is 1. The van der Waals surface area contributed by atoms with Crippen molar-refractivity contribution in [2.24, 2.45) is 5.92 Å². The van der Waals surface area contributed by atoms with Gasteiger partial charge in [-0.25, -0.2) is 18.6 Å². The Morgan fingerprint density at radius 2 is 1.74 bits per heavy atom. The van der Waals surface area contributed by atoms with Crippen molar-refractivity contribution in [2.75, 3.05) is 25.5 Å². The highest BCUT2D eigenvalue weighted by Gasteiger charge is 2.34. The van der Waals surface area contributed by atoms with E-state index in [0.717, 1.165) is 51.3 Å². The van der Waals surface area contributed by atoms with Crippen molar-refractivity contribution in [1.82, 2.24) is 14.8 Å². The summed E-state index contributed by atoms with van der Waals surface area (Å²) in [5.41, 5.74) is 0.951. The molecule has 2 aromatic rings. The van der Waals surface area contributed by atoms with Crippen molar-refractivity contribution < 1.29 is 18.4 Å². The molecule has 1 aromatic carbocycles. The van der Waals surface area contributed by atoms with Crippen LogP contribution >= 0.6 is 0 Å². The average molecular weight is 428 g/mol. The van der Waals surface area contributed by atoms with Gasteiger partial charge in [0.15, 0.2) is 0 Å². The Morgan fingerprint density at radius 1 is 1.03 bits per heavy atom. The highest BCUT2D eigenvalue weighted by atomic mass is 19.1. The van der Waals surface area contributed by atoms with E-state index < -0.39 is 11.6 Å². The highest BCUT2D eigenvalue weighted by Crippen LogP contribution is 2.30. The minimum atomic E-state index is -0.652. The first-order valence-electron chi connectivity index (χ1n) is 10.7. The number of urea groups is 1. The standard InChI is InChI=1S/C23H26F2N4O2/c1-28-9-2-10-29(23(28)31)20-6-3-15(4-7-20)22(30)27-21-8-5-16(14-26-21)17-11-18(24)13-19(25)12-17/h5,8,11-15,20H,2-4,6-7,9-10H2,1H3,(H,26,27,30)/t15-,20+. The molecule has 0 radical (unpaired) electrons. The van der Waals surface area contributed by atoms with Gasteiger partial charge in [0, 0.05) is 49.9 Å². The van der Waals surface area contributed by atoms with Crippen molar-refractivity contribution in [3.05, 3.63) is 48.2 Å². The molecule has 31 heavy (non-hydrogen) atoms. The first-order chi connectivity index (χ1) is 14.9. The van der Waals surface area contributed by atoms with Crippen molar-refractivity contribution in [1.29, 1.82) is 0 Å². The fraction of sp³-hybridized carbons (Fsp3) is 0.435. The molecule has 1 N–H and O–H groups in total. The molecule has 0 unspecified atom stereocenters. The number of hydrogen-bond donors (Lipinski definition) is 1. The van der Waals surface area contributed by atoms with E-state index >= 15 is 0 Å². The van der Waals surface area contributed by atoms with Crippen LogP contribution in [0.5, 0.6) is 0 Å². The molecule has 6 nitrogen and oxygen atoms in total. The number of aromatic nitrogens is 1. The van der Waals surface area contributed by atoms with Crippen LogP contribution in [-0.2, 0) is 4.79 Å². The van der Waals surface area contributed by atoms with Gasteiger partial charge >= 0.3 is 6.03 Å². The summed E-state index contributed by atoms with van der Waals surface area (Å²) >= 11 is 0. The van der Waals surface area contributed by atoms with Gasteiger partial charge < -0.3 is 15.1 Å². The lowest BCUT2D eigenvalue weighted by atomic mass is 9.84. The van der Waals surface area contributed by atoms with Crippen LogP contribution in [0.15, 0.2) is 36.5 Å². The van der Waals surface area contributed by atoms with Crippen LogP contribution in [0.3, 0.4) is 0 Å². The molecule has 1 saturated heterocycles. The Balaban J connectivity index is 1.32. The number of carbonyl (C=O) groups is 2. The fourth-order valence-electron chi connectivity index (χ4n) is 4.46. The number of halogens is 2. The number of nitrogens with zero attached hydrogens (tertiary/aromatic N) is 3. The predicted octanol–water partition coefficient (Wildman–Crippen LogP) is 4.28. The lowest BCUT2D eigenvalue weighted by Gasteiger charge is -2.41. The summed E-state index contributed by atoms with van der Waals surface area (Å²) in [5.74, 6) is -1.10. The largest absolute Gasteiger partial charge is 0.328 e. The predicted molar refractivity (Wildman–Crippen MR) is 113 cm³/mol. The molecular formula is C23H26F2N4O2. The molecule has 1 aromatic heterocycles. The summed E-state index contributed by atoms with van der Waals surface area (Å²) in [6.45, 7) is 1.59. The Hall–Kier alpha value is -3.03. The van der Waals surface area contributed by atoms with Gasteiger partial charge in [-0.2, -0.15) is 0 Å². The summed E-state index contributed by atoms with van der Waals surface area (Å²) in [7, 11) is 1.83.